The predicted octanol–water partition coefficient (Wildman–Crippen LogP) is 19.2. The molecule has 0 radical (unpaired) electrons. The van der Waals surface area contributed by atoms with Crippen LogP contribution in [0.4, 0.5) is 34.1 Å². The number of hydrogen-bond donors (Lipinski definition) is 0. The summed E-state index contributed by atoms with van der Waals surface area (Å²) in [6.07, 6.45) is 26.6. The van der Waals surface area contributed by atoms with Crippen molar-refractivity contribution in [2.24, 2.45) is 0 Å². The van der Waals surface area contributed by atoms with E-state index in [9.17, 15) is 0 Å². The summed E-state index contributed by atoms with van der Waals surface area (Å²) in [4.78, 5) is 5.22. The van der Waals surface area contributed by atoms with Gasteiger partial charge in [-0.3, -0.25) is 0 Å². The minimum atomic E-state index is 0.547. The minimum absolute atomic E-state index is 0.547. The van der Waals surface area contributed by atoms with Gasteiger partial charge in [-0.2, -0.15) is 0 Å². The van der Waals surface area contributed by atoms with E-state index in [2.05, 4.69) is 147 Å². The average molecular weight is 847 g/mol. The quantitative estimate of drug-likeness (QED) is 0.136. The number of rotatable bonds is 10. The molecule has 0 atom stereocenters. The molecule has 0 N–H and O–H groups in total. The Morgan fingerprint density at radius 3 is 1.06 bits per heavy atom. The summed E-state index contributed by atoms with van der Waals surface area (Å²) in [5.41, 5.74) is 19.2. The number of fused-ring (bicyclic) bond motifs is 1. The van der Waals surface area contributed by atoms with Gasteiger partial charge in [0, 0.05) is 34.1 Å². The highest BCUT2D eigenvalue weighted by atomic mass is 15.1. The summed E-state index contributed by atoms with van der Waals surface area (Å²) < 4.78 is 0. The standard InChI is InChI=1S/C62H74N2/c1-43-35-44(2)37-56(36-43)64(54-33-28-50(29-34-54)48-19-11-6-12-20-48)58-40-60(52-23-15-8-16-24-52)61-41-57(39-59(62(61)42-58)51-21-13-7-14-22-51)63(55-30-25-45(3)46(4)38-55)53-31-26-49(27-32-53)47-17-9-5-10-18-47/h25-42,47-48,51-52H,5-24H2,1-4H3. The Hall–Kier alpha value is -4.82. The van der Waals surface area contributed by atoms with Crippen LogP contribution in [0.5, 0.6) is 0 Å². The van der Waals surface area contributed by atoms with Crippen molar-refractivity contribution in [3.8, 4) is 0 Å². The molecule has 0 spiro atoms. The fraction of sp³-hybridized carbons (Fsp3) is 0.452. The van der Waals surface area contributed by atoms with E-state index in [1.54, 1.807) is 11.1 Å². The third-order valence-corrected chi connectivity index (χ3v) is 16.4. The molecule has 4 aliphatic carbocycles. The molecule has 4 saturated carbocycles. The van der Waals surface area contributed by atoms with Crippen LogP contribution in [0.25, 0.3) is 10.8 Å². The summed E-state index contributed by atoms with van der Waals surface area (Å²) >= 11 is 0. The largest absolute Gasteiger partial charge is 0.310 e. The lowest BCUT2D eigenvalue weighted by Crippen LogP contribution is -2.15. The second-order valence-electron chi connectivity index (χ2n) is 21.0. The number of nitrogens with zero attached hydrogens (tertiary/aromatic N) is 2. The van der Waals surface area contributed by atoms with E-state index in [4.69, 9.17) is 0 Å². The van der Waals surface area contributed by atoms with Crippen molar-refractivity contribution in [2.75, 3.05) is 9.80 Å². The summed E-state index contributed by atoms with van der Waals surface area (Å²) in [5, 5.41) is 2.96. The monoisotopic (exact) mass is 847 g/mol. The van der Waals surface area contributed by atoms with Gasteiger partial charge in [0.05, 0.1) is 0 Å². The van der Waals surface area contributed by atoms with Crippen molar-refractivity contribution in [3.63, 3.8) is 0 Å². The highest BCUT2D eigenvalue weighted by Crippen LogP contribution is 2.49. The molecule has 4 aliphatic rings. The SMILES string of the molecule is Cc1cc(C)cc(N(c2ccc(C3CCCCC3)cc2)c2cc(C3CCCCC3)c3cc(N(c4ccc(C5CCCCC5)cc4)c4ccc(C)c(C)c4)cc(C4CCCCC4)c3c2)c1. The van der Waals surface area contributed by atoms with Crippen molar-refractivity contribution >= 4 is 44.9 Å². The molecule has 0 heterocycles. The van der Waals surface area contributed by atoms with Gasteiger partial charge in [-0.25, -0.2) is 0 Å². The minimum Gasteiger partial charge on any atom is -0.310 e. The van der Waals surface area contributed by atoms with E-state index in [0.717, 1.165) is 0 Å². The molecule has 2 heteroatoms. The van der Waals surface area contributed by atoms with Crippen molar-refractivity contribution in [1.82, 2.24) is 0 Å². The zero-order chi connectivity index (χ0) is 43.6. The average Bonchev–Trinajstić information content (AvgIpc) is 3.34. The summed E-state index contributed by atoms with van der Waals surface area (Å²) in [5.74, 6) is 2.49. The molecular formula is C62H74N2. The third kappa shape index (κ3) is 9.18. The topological polar surface area (TPSA) is 6.48 Å². The molecule has 0 unspecified atom stereocenters. The summed E-state index contributed by atoms with van der Waals surface area (Å²) in [6, 6.07) is 44.5. The summed E-state index contributed by atoms with van der Waals surface area (Å²) in [7, 11) is 0. The maximum absolute atomic E-state index is 2.65. The van der Waals surface area contributed by atoms with Crippen molar-refractivity contribution < 1.29 is 0 Å². The fourth-order valence-corrected chi connectivity index (χ4v) is 12.7. The Balaban J connectivity index is 1.18. The van der Waals surface area contributed by atoms with Gasteiger partial charge in [-0.1, -0.05) is 113 Å². The fourth-order valence-electron chi connectivity index (χ4n) is 12.7. The Bertz CT molecular complexity index is 2500. The van der Waals surface area contributed by atoms with Gasteiger partial charge in [0.25, 0.3) is 0 Å². The molecule has 332 valence electrons. The first kappa shape index (κ1) is 43.1. The van der Waals surface area contributed by atoms with Crippen LogP contribution in [0.1, 0.15) is 197 Å². The van der Waals surface area contributed by atoms with Gasteiger partial charge in [0.1, 0.15) is 0 Å². The predicted molar refractivity (Wildman–Crippen MR) is 276 cm³/mol. The number of hydrogen-bond acceptors (Lipinski definition) is 2. The van der Waals surface area contributed by atoms with Gasteiger partial charge in [-0.15, -0.1) is 0 Å². The van der Waals surface area contributed by atoms with E-state index in [1.165, 1.54) is 207 Å². The molecule has 6 aromatic rings. The second-order valence-corrected chi connectivity index (χ2v) is 21.0. The van der Waals surface area contributed by atoms with Crippen LogP contribution >= 0.6 is 0 Å². The van der Waals surface area contributed by atoms with Crippen molar-refractivity contribution in [2.45, 2.75) is 180 Å². The molecular weight excluding hydrogens is 773 g/mol. The lowest BCUT2D eigenvalue weighted by Gasteiger charge is -2.33. The van der Waals surface area contributed by atoms with Crippen molar-refractivity contribution in [1.29, 1.82) is 0 Å². The highest BCUT2D eigenvalue weighted by Gasteiger charge is 2.28. The first-order chi connectivity index (χ1) is 31.4. The lowest BCUT2D eigenvalue weighted by molar-refractivity contribution is 0.443. The molecule has 0 bridgehead atoms. The van der Waals surface area contributed by atoms with E-state index >= 15 is 0 Å². The van der Waals surface area contributed by atoms with E-state index < -0.39 is 0 Å². The van der Waals surface area contributed by atoms with Crippen LogP contribution in [0.3, 0.4) is 0 Å². The third-order valence-electron chi connectivity index (χ3n) is 16.4. The zero-order valence-corrected chi connectivity index (χ0v) is 39.7. The Morgan fingerprint density at radius 1 is 0.297 bits per heavy atom. The van der Waals surface area contributed by atoms with E-state index in [0.29, 0.717) is 23.7 Å². The van der Waals surface area contributed by atoms with E-state index in [-0.39, 0.29) is 0 Å². The molecule has 10 rings (SSSR count). The zero-order valence-electron chi connectivity index (χ0n) is 39.7. The van der Waals surface area contributed by atoms with Crippen LogP contribution < -0.4 is 9.80 Å². The van der Waals surface area contributed by atoms with Gasteiger partial charge in [0.15, 0.2) is 0 Å². The molecule has 2 nitrogen and oxygen atoms in total. The maximum atomic E-state index is 2.65. The number of aryl methyl sites for hydroxylation is 4. The van der Waals surface area contributed by atoms with Crippen LogP contribution in [-0.4, -0.2) is 0 Å². The van der Waals surface area contributed by atoms with Gasteiger partial charge in [-0.05, 0) is 231 Å². The first-order valence-corrected chi connectivity index (χ1v) is 25.9. The molecule has 0 aromatic heterocycles. The lowest BCUT2D eigenvalue weighted by atomic mass is 9.78. The van der Waals surface area contributed by atoms with Crippen LogP contribution in [0, 0.1) is 27.7 Å². The molecule has 0 amide bonds. The number of anilines is 6. The first-order valence-electron chi connectivity index (χ1n) is 25.9. The van der Waals surface area contributed by atoms with Crippen LogP contribution in [0.2, 0.25) is 0 Å². The molecule has 64 heavy (non-hydrogen) atoms. The Morgan fingerprint density at radius 2 is 0.656 bits per heavy atom. The highest BCUT2D eigenvalue weighted by molar-refractivity contribution is 5.98. The Kier molecular flexibility index (Phi) is 13.0. The van der Waals surface area contributed by atoms with Gasteiger partial charge >= 0.3 is 0 Å². The smallest absolute Gasteiger partial charge is 0.0470 e. The molecule has 4 fully saturated rings. The van der Waals surface area contributed by atoms with Crippen LogP contribution in [-0.2, 0) is 0 Å². The normalized spacial score (nSPS) is 18.4. The molecule has 6 aromatic carbocycles. The molecule has 0 saturated heterocycles. The second kappa shape index (κ2) is 19.3. The van der Waals surface area contributed by atoms with Gasteiger partial charge < -0.3 is 9.80 Å². The Labute approximate surface area is 386 Å². The van der Waals surface area contributed by atoms with Crippen molar-refractivity contribution in [3.05, 3.63) is 154 Å². The van der Waals surface area contributed by atoms with Gasteiger partial charge in [0.2, 0.25) is 0 Å². The van der Waals surface area contributed by atoms with Crippen LogP contribution in [0.15, 0.2) is 109 Å². The van der Waals surface area contributed by atoms with E-state index in [1.807, 2.05) is 0 Å². The maximum Gasteiger partial charge on any atom is 0.0470 e. The molecule has 0 aliphatic heterocycles. The number of benzene rings is 6. The summed E-state index contributed by atoms with van der Waals surface area (Å²) in [6.45, 7) is 9.06.